The van der Waals surface area contributed by atoms with E-state index in [0.29, 0.717) is 39.8 Å². The lowest BCUT2D eigenvalue weighted by molar-refractivity contribution is 0.0994. The van der Waals surface area contributed by atoms with E-state index in [0.717, 1.165) is 48.8 Å². The maximum atomic E-state index is 13.1. The van der Waals surface area contributed by atoms with Crippen LogP contribution in [0.25, 0.3) is 0 Å². The smallest absolute Gasteiger partial charge is 0.286 e. The van der Waals surface area contributed by atoms with Gasteiger partial charge in [-0.1, -0.05) is 11.3 Å². The van der Waals surface area contributed by atoms with E-state index >= 15 is 0 Å². The number of nitrogens with zero attached hydrogens (tertiary/aromatic N) is 5. The molecule has 11 nitrogen and oxygen atoms in total. The van der Waals surface area contributed by atoms with Gasteiger partial charge in [-0.3, -0.25) is 19.5 Å². The summed E-state index contributed by atoms with van der Waals surface area (Å²) in [5.74, 6) is 0.420. The zero-order valence-corrected chi connectivity index (χ0v) is 21.4. The largest absolute Gasteiger partial charge is 0.493 e. The second kappa shape index (κ2) is 9.27. The van der Waals surface area contributed by atoms with Crippen LogP contribution >= 0.6 is 11.3 Å². The summed E-state index contributed by atoms with van der Waals surface area (Å²) < 4.78 is 10.7. The van der Waals surface area contributed by atoms with Crippen molar-refractivity contribution in [2.45, 2.75) is 19.4 Å². The molecule has 2 fully saturated rings. The summed E-state index contributed by atoms with van der Waals surface area (Å²) in [6.07, 6.45) is 5.73. The Hall–Kier alpha value is -3.77. The van der Waals surface area contributed by atoms with Gasteiger partial charge >= 0.3 is 0 Å². The normalized spacial score (nSPS) is 17.9. The second-order valence-corrected chi connectivity index (χ2v) is 10.6. The van der Waals surface area contributed by atoms with Gasteiger partial charge in [0.1, 0.15) is 0 Å². The van der Waals surface area contributed by atoms with Crippen LogP contribution in [0, 0.1) is 5.41 Å². The summed E-state index contributed by atoms with van der Waals surface area (Å²) in [4.78, 5) is 34.2. The highest BCUT2D eigenvalue weighted by Crippen LogP contribution is 2.43. The Morgan fingerprint density at radius 1 is 1.14 bits per heavy atom. The van der Waals surface area contributed by atoms with Gasteiger partial charge in [0.2, 0.25) is 10.1 Å². The third-order valence-corrected chi connectivity index (χ3v) is 8.30. The van der Waals surface area contributed by atoms with Crippen LogP contribution in [0.4, 0.5) is 16.5 Å². The van der Waals surface area contributed by atoms with E-state index in [4.69, 9.17) is 9.47 Å². The van der Waals surface area contributed by atoms with Gasteiger partial charge in [0.25, 0.3) is 11.8 Å². The monoisotopic (exact) mass is 521 g/mol. The molecule has 3 aliphatic heterocycles. The van der Waals surface area contributed by atoms with Crippen LogP contribution in [0.1, 0.15) is 38.6 Å². The predicted octanol–water partition coefficient (Wildman–Crippen LogP) is 2.55. The molecule has 37 heavy (non-hydrogen) atoms. The fourth-order valence-electron chi connectivity index (χ4n) is 5.35. The lowest BCUT2D eigenvalue weighted by atomic mass is 9.72. The Morgan fingerprint density at radius 2 is 1.89 bits per heavy atom. The first-order valence-corrected chi connectivity index (χ1v) is 12.9. The average Bonchev–Trinajstić information content (AvgIpc) is 3.52. The van der Waals surface area contributed by atoms with Gasteiger partial charge < -0.3 is 25.0 Å². The van der Waals surface area contributed by atoms with Crippen molar-refractivity contribution in [1.82, 2.24) is 20.5 Å². The first-order chi connectivity index (χ1) is 18.0. The topological polar surface area (TPSA) is 122 Å². The van der Waals surface area contributed by atoms with Crippen molar-refractivity contribution in [1.29, 1.82) is 0 Å². The molecule has 0 bridgehead atoms. The maximum absolute atomic E-state index is 13.1. The van der Waals surface area contributed by atoms with Gasteiger partial charge in [0, 0.05) is 30.3 Å². The molecule has 3 aliphatic rings. The Bertz CT molecular complexity index is 1360. The number of aromatic nitrogens is 3. The first-order valence-electron chi connectivity index (χ1n) is 12.1. The fraction of sp³-hybridized carbons (Fsp3) is 0.400. The molecule has 1 spiro atoms. The van der Waals surface area contributed by atoms with Crippen molar-refractivity contribution in [2.75, 3.05) is 55.5 Å². The number of methoxy groups -OCH3 is 2. The number of fused-ring (bicyclic) bond motifs is 1. The molecule has 2 amide bonds. The number of nitrogens with one attached hydrogen (secondary N) is 2. The third-order valence-electron chi connectivity index (χ3n) is 7.36. The highest BCUT2D eigenvalue weighted by atomic mass is 32.1. The van der Waals surface area contributed by atoms with Gasteiger partial charge in [-0.25, -0.2) is 0 Å². The Morgan fingerprint density at radius 3 is 2.65 bits per heavy atom. The van der Waals surface area contributed by atoms with Crippen LogP contribution < -0.4 is 29.9 Å². The summed E-state index contributed by atoms with van der Waals surface area (Å²) in [7, 11) is 3.08. The van der Waals surface area contributed by atoms with Crippen molar-refractivity contribution < 1.29 is 19.1 Å². The van der Waals surface area contributed by atoms with Crippen LogP contribution in [0.15, 0.2) is 30.6 Å². The predicted molar refractivity (Wildman–Crippen MR) is 139 cm³/mol. The molecule has 2 aromatic heterocycles. The molecule has 6 rings (SSSR count). The van der Waals surface area contributed by atoms with E-state index in [-0.39, 0.29) is 16.8 Å². The van der Waals surface area contributed by atoms with Crippen molar-refractivity contribution in [2.24, 2.45) is 5.41 Å². The van der Waals surface area contributed by atoms with Gasteiger partial charge in [0.15, 0.2) is 11.5 Å². The molecule has 5 heterocycles. The van der Waals surface area contributed by atoms with Crippen LogP contribution in [-0.2, 0) is 6.54 Å². The zero-order chi connectivity index (χ0) is 25.6. The molecule has 0 radical (unpaired) electrons. The number of amides is 2. The molecule has 0 atom stereocenters. The Labute approximate surface area is 217 Å². The maximum Gasteiger partial charge on any atom is 0.286 e. The third kappa shape index (κ3) is 4.15. The van der Waals surface area contributed by atoms with E-state index in [1.165, 1.54) is 24.9 Å². The molecule has 12 heteroatoms. The number of rotatable bonds is 6. The average molecular weight is 522 g/mol. The molecular formula is C25H27N7O4S. The number of carbonyl (C=O) groups excluding carboxylic acids is 2. The molecule has 0 aliphatic carbocycles. The summed E-state index contributed by atoms with van der Waals surface area (Å²) >= 11 is 1.07. The van der Waals surface area contributed by atoms with Gasteiger partial charge in [0.05, 0.1) is 38.3 Å². The minimum Gasteiger partial charge on any atom is -0.493 e. The van der Waals surface area contributed by atoms with E-state index < -0.39 is 0 Å². The lowest BCUT2D eigenvalue weighted by Crippen LogP contribution is -2.60. The van der Waals surface area contributed by atoms with Crippen molar-refractivity contribution in [3.05, 3.63) is 46.7 Å². The molecule has 0 unspecified atom stereocenters. The van der Waals surface area contributed by atoms with E-state index in [9.17, 15) is 9.59 Å². The Kier molecular flexibility index (Phi) is 5.92. The number of hydrogen-bond donors (Lipinski definition) is 2. The molecule has 2 N–H and O–H groups in total. The van der Waals surface area contributed by atoms with Gasteiger partial charge in [-0.05, 0) is 49.7 Å². The van der Waals surface area contributed by atoms with Crippen LogP contribution in [0.3, 0.4) is 0 Å². The Balaban J connectivity index is 1.16. The van der Waals surface area contributed by atoms with Crippen molar-refractivity contribution in [3.8, 4) is 11.5 Å². The van der Waals surface area contributed by atoms with Crippen LogP contribution in [-0.4, -0.2) is 67.4 Å². The summed E-state index contributed by atoms with van der Waals surface area (Å²) in [5, 5.41) is 15.1. The summed E-state index contributed by atoms with van der Waals surface area (Å²) in [6, 6.07) is 5.38. The highest BCUT2D eigenvalue weighted by molar-refractivity contribution is 7.17. The van der Waals surface area contributed by atoms with E-state index in [1.54, 1.807) is 31.6 Å². The van der Waals surface area contributed by atoms with Crippen LogP contribution in [0.2, 0.25) is 0 Å². The van der Waals surface area contributed by atoms with Gasteiger partial charge in [-0.15, -0.1) is 10.2 Å². The summed E-state index contributed by atoms with van der Waals surface area (Å²) in [5.41, 5.74) is 3.25. The standard InChI is InChI=1S/C25H27N7O4S/c1-35-19-9-15-12-32(23(34)16(15)10-20(19)36-2)24-30-29-22(37-24)21(33)28-17-11-27-6-3-18(17)31-13-25(14-31)4-7-26-8-5-25/h3,6,9-11,26H,4-5,7-8,12-14H2,1-2H3,(H,28,33). The number of piperidine rings is 1. The minimum absolute atomic E-state index is 0.169. The van der Waals surface area contributed by atoms with Gasteiger partial charge in [-0.2, -0.15) is 0 Å². The second-order valence-electron chi connectivity index (χ2n) is 9.60. The SMILES string of the molecule is COc1cc2c(cc1OC)C(=O)N(c1nnc(C(=O)Nc3cnccc3N3CC4(CCNCC4)C3)s1)C2. The lowest BCUT2D eigenvalue weighted by Gasteiger charge is -2.53. The molecule has 1 aromatic carbocycles. The number of anilines is 3. The number of carbonyl (C=O) groups is 2. The fourth-order valence-corrected chi connectivity index (χ4v) is 6.09. The molecule has 0 saturated carbocycles. The zero-order valence-electron chi connectivity index (χ0n) is 20.6. The van der Waals surface area contributed by atoms with E-state index in [2.05, 4.69) is 30.7 Å². The van der Waals surface area contributed by atoms with Crippen molar-refractivity contribution >= 4 is 39.7 Å². The molecule has 192 valence electrons. The number of ether oxygens (including phenoxy) is 2. The summed E-state index contributed by atoms with van der Waals surface area (Å²) in [6.45, 7) is 4.36. The van der Waals surface area contributed by atoms with Crippen LogP contribution in [0.5, 0.6) is 11.5 Å². The molecular weight excluding hydrogens is 494 g/mol. The number of hydrogen-bond acceptors (Lipinski definition) is 10. The number of benzene rings is 1. The minimum atomic E-state index is -0.386. The first kappa shape index (κ1) is 23.6. The molecule has 3 aromatic rings. The highest BCUT2D eigenvalue weighted by Gasteiger charge is 2.44. The van der Waals surface area contributed by atoms with Crippen molar-refractivity contribution in [3.63, 3.8) is 0 Å². The number of pyridine rings is 1. The quantitative estimate of drug-likeness (QED) is 0.504. The van der Waals surface area contributed by atoms with E-state index in [1.807, 2.05) is 6.07 Å². The molecule has 2 saturated heterocycles.